The molecule has 0 radical (unpaired) electrons. The highest BCUT2D eigenvalue weighted by Gasteiger charge is 2.16. The number of pyridine rings is 1. The fourth-order valence-electron chi connectivity index (χ4n) is 4.30. The van der Waals surface area contributed by atoms with Crippen LogP contribution in [0.15, 0.2) is 133 Å². The van der Waals surface area contributed by atoms with E-state index in [9.17, 15) is 8.42 Å². The molecule has 0 aliphatic heterocycles. The average molecular weight is 536 g/mol. The Morgan fingerprint density at radius 1 is 0.744 bits per heavy atom. The fraction of sp³-hybridized carbons (Fsp3) is 0.0938. The van der Waals surface area contributed by atoms with Crippen LogP contribution in [0.5, 0.6) is 11.5 Å². The van der Waals surface area contributed by atoms with E-state index in [1.807, 2.05) is 78.9 Å². The summed E-state index contributed by atoms with van der Waals surface area (Å²) in [6.45, 7) is 1.33. The molecule has 196 valence electrons. The minimum atomic E-state index is -3.65. The van der Waals surface area contributed by atoms with Gasteiger partial charge in [0.05, 0.1) is 4.90 Å². The van der Waals surface area contributed by atoms with Crippen LogP contribution in [-0.2, 0) is 10.0 Å². The van der Waals surface area contributed by atoms with E-state index in [4.69, 9.17) is 4.74 Å². The molecule has 5 rings (SSSR count). The molecular formula is C32H29N3O3S. The van der Waals surface area contributed by atoms with Crippen LogP contribution in [-0.4, -0.2) is 33.0 Å². The summed E-state index contributed by atoms with van der Waals surface area (Å²) < 4.78 is 34.5. The Balaban J connectivity index is 1.22. The molecule has 0 atom stereocenters. The van der Waals surface area contributed by atoms with Gasteiger partial charge in [0.2, 0.25) is 10.0 Å². The SMILES string of the molecule is O=S(=O)(NCCNC/C=C(/c1ccccc1)c1ccc(Oc2ccccc2)cc1)c1cccc2cnccc12. The van der Waals surface area contributed by atoms with E-state index in [0.717, 1.165) is 33.6 Å². The molecule has 5 aromatic rings. The van der Waals surface area contributed by atoms with E-state index < -0.39 is 10.0 Å². The second-order valence-electron chi connectivity index (χ2n) is 8.88. The van der Waals surface area contributed by atoms with E-state index in [0.29, 0.717) is 18.5 Å². The Hall–Kier alpha value is -4.30. The number of ether oxygens (including phenoxy) is 1. The first kappa shape index (κ1) is 26.3. The van der Waals surface area contributed by atoms with Gasteiger partial charge in [-0.05, 0) is 53.1 Å². The van der Waals surface area contributed by atoms with Crippen molar-refractivity contribution in [1.82, 2.24) is 15.0 Å². The minimum absolute atomic E-state index is 0.258. The van der Waals surface area contributed by atoms with Crippen LogP contribution in [0.3, 0.4) is 0 Å². The van der Waals surface area contributed by atoms with Crippen molar-refractivity contribution in [2.75, 3.05) is 19.6 Å². The van der Waals surface area contributed by atoms with E-state index >= 15 is 0 Å². The standard InChI is InChI=1S/C32H29N3O3S/c36-39(37,32-13-7-10-27-24-34-21-19-31(27)32)35-23-22-33-20-18-30(25-8-3-1-4-9-25)26-14-16-29(17-15-26)38-28-11-5-2-6-12-28/h1-19,21,24,33,35H,20,22-23H2/b30-18-. The zero-order chi connectivity index (χ0) is 26.9. The quantitative estimate of drug-likeness (QED) is 0.202. The Kier molecular flexibility index (Phi) is 8.43. The maximum absolute atomic E-state index is 12.9. The lowest BCUT2D eigenvalue weighted by molar-refractivity contribution is 0.482. The molecule has 0 saturated carbocycles. The van der Waals surface area contributed by atoms with Crippen molar-refractivity contribution in [2.45, 2.75) is 4.90 Å². The summed E-state index contributed by atoms with van der Waals surface area (Å²) in [6.07, 6.45) is 5.38. The average Bonchev–Trinajstić information content (AvgIpc) is 2.98. The molecule has 0 spiro atoms. The van der Waals surface area contributed by atoms with Gasteiger partial charge in [-0.3, -0.25) is 4.98 Å². The molecule has 0 fully saturated rings. The van der Waals surface area contributed by atoms with Gasteiger partial charge in [0.25, 0.3) is 0 Å². The van der Waals surface area contributed by atoms with Crippen LogP contribution < -0.4 is 14.8 Å². The first-order valence-corrected chi connectivity index (χ1v) is 14.2. The van der Waals surface area contributed by atoms with E-state index in [-0.39, 0.29) is 11.4 Å². The van der Waals surface area contributed by atoms with E-state index in [2.05, 4.69) is 33.2 Å². The number of hydrogen-bond acceptors (Lipinski definition) is 5. The molecule has 0 saturated heterocycles. The highest BCUT2D eigenvalue weighted by Crippen LogP contribution is 2.27. The number of para-hydroxylation sites is 1. The highest BCUT2D eigenvalue weighted by atomic mass is 32.2. The summed E-state index contributed by atoms with van der Waals surface area (Å²) in [4.78, 5) is 4.33. The molecule has 0 unspecified atom stereocenters. The molecule has 4 aromatic carbocycles. The largest absolute Gasteiger partial charge is 0.457 e. The van der Waals surface area contributed by atoms with Crippen molar-refractivity contribution in [3.63, 3.8) is 0 Å². The molecule has 2 N–H and O–H groups in total. The lowest BCUT2D eigenvalue weighted by Gasteiger charge is -2.12. The maximum atomic E-state index is 12.9. The molecule has 0 aliphatic carbocycles. The van der Waals surface area contributed by atoms with Gasteiger partial charge in [0.1, 0.15) is 11.5 Å². The normalized spacial score (nSPS) is 11.9. The molecule has 0 bridgehead atoms. The van der Waals surface area contributed by atoms with Crippen LogP contribution in [0.2, 0.25) is 0 Å². The highest BCUT2D eigenvalue weighted by molar-refractivity contribution is 7.89. The van der Waals surface area contributed by atoms with Crippen molar-refractivity contribution < 1.29 is 13.2 Å². The Morgan fingerprint density at radius 2 is 1.44 bits per heavy atom. The van der Waals surface area contributed by atoms with Crippen LogP contribution in [0.1, 0.15) is 11.1 Å². The molecule has 1 heterocycles. The molecule has 1 aromatic heterocycles. The van der Waals surface area contributed by atoms with Crippen molar-refractivity contribution in [2.24, 2.45) is 0 Å². The number of sulfonamides is 1. The van der Waals surface area contributed by atoms with Gasteiger partial charge >= 0.3 is 0 Å². The van der Waals surface area contributed by atoms with Crippen LogP contribution in [0.4, 0.5) is 0 Å². The second-order valence-corrected chi connectivity index (χ2v) is 10.6. The molecular weight excluding hydrogens is 506 g/mol. The lowest BCUT2D eigenvalue weighted by atomic mass is 9.97. The van der Waals surface area contributed by atoms with Gasteiger partial charge in [0.15, 0.2) is 0 Å². The van der Waals surface area contributed by atoms with Crippen molar-refractivity contribution in [1.29, 1.82) is 0 Å². The third-order valence-electron chi connectivity index (χ3n) is 6.20. The van der Waals surface area contributed by atoms with Crippen LogP contribution >= 0.6 is 0 Å². The number of hydrogen-bond donors (Lipinski definition) is 2. The number of nitrogens with one attached hydrogen (secondary N) is 2. The Bertz CT molecular complexity index is 1650. The second kappa shape index (κ2) is 12.5. The van der Waals surface area contributed by atoms with Crippen LogP contribution in [0.25, 0.3) is 16.3 Å². The summed E-state index contributed by atoms with van der Waals surface area (Å²) in [5.41, 5.74) is 3.25. The number of nitrogens with zero attached hydrogens (tertiary/aromatic N) is 1. The topological polar surface area (TPSA) is 80.3 Å². The van der Waals surface area contributed by atoms with Crippen molar-refractivity contribution in [3.05, 3.63) is 139 Å². The smallest absolute Gasteiger partial charge is 0.241 e. The van der Waals surface area contributed by atoms with Crippen LogP contribution in [0, 0.1) is 0 Å². The molecule has 7 heteroatoms. The monoisotopic (exact) mass is 535 g/mol. The first-order chi connectivity index (χ1) is 19.1. The Labute approximate surface area is 229 Å². The van der Waals surface area contributed by atoms with E-state index in [1.54, 1.807) is 30.6 Å². The third-order valence-corrected chi connectivity index (χ3v) is 7.72. The molecule has 0 amide bonds. The summed E-state index contributed by atoms with van der Waals surface area (Å²) in [6, 6.07) is 34.8. The van der Waals surface area contributed by atoms with Gasteiger partial charge in [-0.25, -0.2) is 13.1 Å². The van der Waals surface area contributed by atoms with Gasteiger partial charge in [0, 0.05) is 42.8 Å². The predicted molar refractivity (Wildman–Crippen MR) is 156 cm³/mol. The first-order valence-electron chi connectivity index (χ1n) is 12.7. The fourth-order valence-corrected chi connectivity index (χ4v) is 5.56. The third kappa shape index (κ3) is 6.78. The molecule has 6 nitrogen and oxygen atoms in total. The minimum Gasteiger partial charge on any atom is -0.457 e. The number of benzene rings is 4. The van der Waals surface area contributed by atoms with Crippen molar-refractivity contribution in [3.8, 4) is 11.5 Å². The number of fused-ring (bicyclic) bond motifs is 1. The Morgan fingerprint density at radius 3 is 2.21 bits per heavy atom. The number of aromatic nitrogens is 1. The molecule has 0 aliphatic rings. The lowest BCUT2D eigenvalue weighted by Crippen LogP contribution is -2.32. The zero-order valence-electron chi connectivity index (χ0n) is 21.3. The predicted octanol–water partition coefficient (Wildman–Crippen LogP) is 6.03. The van der Waals surface area contributed by atoms with E-state index in [1.165, 1.54) is 0 Å². The summed E-state index contributed by atoms with van der Waals surface area (Å²) >= 11 is 0. The summed E-state index contributed by atoms with van der Waals surface area (Å²) in [5, 5.41) is 4.77. The van der Waals surface area contributed by atoms with Gasteiger partial charge in [-0.15, -0.1) is 0 Å². The van der Waals surface area contributed by atoms with Gasteiger partial charge in [-0.2, -0.15) is 0 Å². The summed E-state index contributed by atoms with van der Waals surface area (Å²) in [5.74, 6) is 1.56. The van der Waals surface area contributed by atoms with Crippen molar-refractivity contribution >= 4 is 26.4 Å². The summed E-state index contributed by atoms with van der Waals surface area (Å²) in [7, 11) is -3.65. The molecule has 39 heavy (non-hydrogen) atoms. The van der Waals surface area contributed by atoms with Gasteiger partial charge < -0.3 is 10.1 Å². The van der Waals surface area contributed by atoms with Gasteiger partial charge in [-0.1, -0.05) is 78.9 Å². The maximum Gasteiger partial charge on any atom is 0.241 e. The zero-order valence-corrected chi connectivity index (χ0v) is 22.1. The number of rotatable bonds is 11.